The molecule has 1 aromatic heterocycles. The molecule has 3 rings (SSSR count). The number of hydrogen-bond donors (Lipinski definition) is 2. The van der Waals surface area contributed by atoms with Crippen LogP contribution in [-0.4, -0.2) is 34.8 Å². The monoisotopic (exact) mass is 378 g/mol. The van der Waals surface area contributed by atoms with Crippen LogP contribution >= 0.6 is 12.4 Å². The van der Waals surface area contributed by atoms with E-state index >= 15 is 0 Å². The van der Waals surface area contributed by atoms with Gasteiger partial charge < -0.3 is 10.6 Å². The Hall–Kier alpha value is -1.92. The third kappa shape index (κ3) is 4.24. The number of carbonyl (C=O) groups is 1. The van der Waals surface area contributed by atoms with E-state index in [1.54, 1.807) is 12.1 Å². The smallest absolute Gasteiger partial charge is 0.274 e. The number of piperidine rings is 1. The number of fused-ring (bicyclic) bond motifs is 1. The second-order valence-corrected chi connectivity index (χ2v) is 7.33. The lowest BCUT2D eigenvalue weighted by Crippen LogP contribution is -2.48. The van der Waals surface area contributed by atoms with Crippen molar-refractivity contribution >= 4 is 29.1 Å². The molecule has 2 unspecified atom stereocenters. The molecule has 0 aliphatic carbocycles. The van der Waals surface area contributed by atoms with Crippen molar-refractivity contribution in [2.24, 2.45) is 11.8 Å². The number of benzene rings is 1. The lowest BCUT2D eigenvalue weighted by atomic mass is 9.95. The summed E-state index contributed by atoms with van der Waals surface area (Å²) in [6.07, 6.45) is 0.899. The minimum Gasteiger partial charge on any atom is -0.348 e. The van der Waals surface area contributed by atoms with Crippen molar-refractivity contribution in [3.63, 3.8) is 0 Å². The summed E-state index contributed by atoms with van der Waals surface area (Å²) in [5.74, 6) is 0.435. The van der Waals surface area contributed by atoms with Crippen molar-refractivity contribution in [1.82, 2.24) is 20.4 Å². The molecular formula is C19H27ClN4O2. The topological polar surface area (TPSA) is 76.0 Å². The second-order valence-electron chi connectivity index (χ2n) is 7.33. The van der Waals surface area contributed by atoms with Crippen molar-refractivity contribution in [3.8, 4) is 0 Å². The van der Waals surface area contributed by atoms with E-state index in [4.69, 9.17) is 0 Å². The van der Waals surface area contributed by atoms with Crippen LogP contribution in [0, 0.1) is 11.8 Å². The molecular weight excluding hydrogens is 352 g/mol. The Morgan fingerprint density at radius 2 is 2.04 bits per heavy atom. The minimum absolute atomic E-state index is 0. The van der Waals surface area contributed by atoms with Gasteiger partial charge in [-0.1, -0.05) is 39.0 Å². The first-order valence-corrected chi connectivity index (χ1v) is 8.98. The van der Waals surface area contributed by atoms with Crippen LogP contribution in [0.1, 0.15) is 37.7 Å². The molecule has 1 saturated heterocycles. The van der Waals surface area contributed by atoms with Crippen LogP contribution in [0.25, 0.3) is 10.8 Å². The van der Waals surface area contributed by atoms with Gasteiger partial charge in [0.25, 0.3) is 11.5 Å². The number of halogens is 1. The predicted octanol–water partition coefficient (Wildman–Crippen LogP) is 2.20. The van der Waals surface area contributed by atoms with E-state index in [-0.39, 0.29) is 35.8 Å². The predicted molar refractivity (Wildman–Crippen MR) is 106 cm³/mol. The minimum atomic E-state index is -0.201. The quantitative estimate of drug-likeness (QED) is 0.855. The lowest BCUT2D eigenvalue weighted by Gasteiger charge is -2.30. The molecule has 26 heavy (non-hydrogen) atoms. The van der Waals surface area contributed by atoms with Gasteiger partial charge in [-0.2, -0.15) is 5.10 Å². The van der Waals surface area contributed by atoms with Crippen molar-refractivity contribution in [3.05, 3.63) is 40.3 Å². The summed E-state index contributed by atoms with van der Waals surface area (Å²) in [6, 6.07) is 7.34. The number of amides is 1. The van der Waals surface area contributed by atoms with E-state index in [0.717, 1.165) is 19.5 Å². The molecule has 7 heteroatoms. The van der Waals surface area contributed by atoms with Gasteiger partial charge in [0, 0.05) is 18.0 Å². The van der Waals surface area contributed by atoms with Gasteiger partial charge in [-0.3, -0.25) is 9.59 Å². The fraction of sp³-hybridized carbons (Fsp3) is 0.526. The maximum absolute atomic E-state index is 12.9. The summed E-state index contributed by atoms with van der Waals surface area (Å²) >= 11 is 0. The summed E-state index contributed by atoms with van der Waals surface area (Å²) in [4.78, 5) is 25.6. The molecule has 6 nitrogen and oxygen atoms in total. The Morgan fingerprint density at radius 1 is 1.35 bits per heavy atom. The van der Waals surface area contributed by atoms with Crippen molar-refractivity contribution in [2.45, 2.75) is 39.8 Å². The number of carbonyl (C=O) groups excluding carboxylic acids is 1. The third-order valence-electron chi connectivity index (χ3n) is 4.72. The molecule has 2 heterocycles. The highest BCUT2D eigenvalue weighted by Crippen LogP contribution is 2.16. The highest BCUT2D eigenvalue weighted by molar-refractivity contribution is 6.04. The zero-order valence-corrected chi connectivity index (χ0v) is 16.3. The van der Waals surface area contributed by atoms with Crippen LogP contribution in [0.4, 0.5) is 0 Å². The van der Waals surface area contributed by atoms with E-state index in [9.17, 15) is 9.59 Å². The summed E-state index contributed by atoms with van der Waals surface area (Å²) in [7, 11) is 0. The zero-order valence-electron chi connectivity index (χ0n) is 15.5. The van der Waals surface area contributed by atoms with Gasteiger partial charge in [-0.05, 0) is 37.4 Å². The lowest BCUT2D eigenvalue weighted by molar-refractivity contribution is 0.0908. The number of nitrogens with zero attached hydrogens (tertiary/aromatic N) is 2. The first-order chi connectivity index (χ1) is 12.0. The highest BCUT2D eigenvalue weighted by atomic mass is 35.5. The van der Waals surface area contributed by atoms with E-state index in [2.05, 4.69) is 22.7 Å². The largest absolute Gasteiger partial charge is 0.348 e. The highest BCUT2D eigenvalue weighted by Gasteiger charge is 2.25. The standard InChI is InChI=1S/C19H26N4O2.ClH/c1-12(2)11-23-19(25)15-7-5-4-6-14(15)17(22-23)18(24)21-16-8-9-20-10-13(16)3;/h4-7,12-13,16,20H,8-11H2,1-3H3,(H,21,24);1H. The summed E-state index contributed by atoms with van der Waals surface area (Å²) in [5, 5.41) is 12.0. The third-order valence-corrected chi connectivity index (χ3v) is 4.72. The average Bonchev–Trinajstić information content (AvgIpc) is 2.59. The van der Waals surface area contributed by atoms with Gasteiger partial charge >= 0.3 is 0 Å². The van der Waals surface area contributed by atoms with E-state index in [0.29, 0.717) is 28.9 Å². The van der Waals surface area contributed by atoms with Crippen molar-refractivity contribution in [1.29, 1.82) is 0 Å². The van der Waals surface area contributed by atoms with E-state index in [1.165, 1.54) is 4.68 Å². The molecule has 0 bridgehead atoms. The Bertz CT molecular complexity index is 834. The Kier molecular flexibility index (Phi) is 6.78. The molecule has 0 spiro atoms. The van der Waals surface area contributed by atoms with Gasteiger partial charge in [0.2, 0.25) is 0 Å². The molecule has 1 fully saturated rings. The summed E-state index contributed by atoms with van der Waals surface area (Å²) in [5.41, 5.74) is 0.192. The van der Waals surface area contributed by atoms with Crippen molar-refractivity contribution < 1.29 is 4.79 Å². The molecule has 2 atom stereocenters. The Labute approximate surface area is 159 Å². The fourth-order valence-electron chi connectivity index (χ4n) is 3.34. The van der Waals surface area contributed by atoms with E-state index < -0.39 is 0 Å². The SMILES string of the molecule is CC(C)Cn1nc(C(=O)NC2CCNCC2C)c2ccccc2c1=O.Cl. The molecule has 2 N–H and O–H groups in total. The van der Waals surface area contributed by atoms with Crippen LogP contribution in [0.15, 0.2) is 29.1 Å². The number of aromatic nitrogens is 2. The van der Waals surface area contributed by atoms with Crippen LogP contribution < -0.4 is 16.2 Å². The van der Waals surface area contributed by atoms with Gasteiger partial charge in [-0.15, -0.1) is 12.4 Å². The molecule has 142 valence electrons. The van der Waals surface area contributed by atoms with Crippen LogP contribution in [0.5, 0.6) is 0 Å². The van der Waals surface area contributed by atoms with E-state index in [1.807, 2.05) is 26.0 Å². The molecule has 0 saturated carbocycles. The van der Waals surface area contributed by atoms with Crippen LogP contribution in [0.2, 0.25) is 0 Å². The molecule has 0 radical (unpaired) electrons. The molecule has 1 aromatic carbocycles. The molecule has 1 aliphatic rings. The number of rotatable bonds is 4. The summed E-state index contributed by atoms with van der Waals surface area (Å²) in [6.45, 7) is 8.47. The molecule has 2 aromatic rings. The Morgan fingerprint density at radius 3 is 2.69 bits per heavy atom. The fourth-order valence-corrected chi connectivity index (χ4v) is 3.34. The number of hydrogen-bond acceptors (Lipinski definition) is 4. The van der Waals surface area contributed by atoms with Crippen LogP contribution in [-0.2, 0) is 6.54 Å². The molecule has 1 aliphatic heterocycles. The van der Waals surface area contributed by atoms with Crippen molar-refractivity contribution in [2.75, 3.05) is 13.1 Å². The van der Waals surface area contributed by atoms with Gasteiger partial charge in [-0.25, -0.2) is 4.68 Å². The summed E-state index contributed by atoms with van der Waals surface area (Å²) < 4.78 is 1.42. The first kappa shape index (κ1) is 20.4. The van der Waals surface area contributed by atoms with Gasteiger partial charge in [0.15, 0.2) is 5.69 Å². The molecule has 1 amide bonds. The van der Waals surface area contributed by atoms with Gasteiger partial charge in [0.05, 0.1) is 5.39 Å². The number of nitrogens with one attached hydrogen (secondary N) is 2. The second kappa shape index (κ2) is 8.64. The maximum atomic E-state index is 12.9. The maximum Gasteiger partial charge on any atom is 0.274 e. The Balaban J connectivity index is 0.00000243. The van der Waals surface area contributed by atoms with Gasteiger partial charge in [0.1, 0.15) is 0 Å². The normalized spacial score (nSPS) is 20.0. The first-order valence-electron chi connectivity index (χ1n) is 8.98. The zero-order chi connectivity index (χ0) is 18.0. The van der Waals surface area contributed by atoms with Crippen LogP contribution in [0.3, 0.4) is 0 Å². The average molecular weight is 379 g/mol.